The van der Waals surface area contributed by atoms with Crippen LogP contribution in [0, 0.1) is 5.82 Å². The van der Waals surface area contributed by atoms with Gasteiger partial charge in [-0.25, -0.2) is 14.1 Å². The maximum absolute atomic E-state index is 14.0. The van der Waals surface area contributed by atoms with E-state index < -0.39 is 40.7 Å². The summed E-state index contributed by atoms with van der Waals surface area (Å²) < 4.78 is 102. The number of rotatable bonds is 4. The lowest BCUT2D eigenvalue weighted by molar-refractivity contribution is -0.364. The van der Waals surface area contributed by atoms with Crippen LogP contribution in [0.2, 0.25) is 5.02 Å². The third kappa shape index (κ3) is 5.19. The second-order valence-electron chi connectivity index (χ2n) is 7.01. The molecule has 3 rings (SSSR count). The number of amides is 2. The fourth-order valence-corrected chi connectivity index (χ4v) is 3.97. The monoisotopic (exact) mass is 529 g/mol. The standard InChI is InChI=1S/C20H15ClF7N3O2S/c1-11-10-29-17(34-11)31(12-7-8-15(22)14(21)9-12)16(32)30-18(19(23,24)25,20(26,27)28)33-13-5-3-2-4-6-13/h2-9,11H,10H2,1H3,(H,30,32)/t11-/m0/s1. The van der Waals surface area contributed by atoms with Crippen molar-refractivity contribution < 1.29 is 40.3 Å². The van der Waals surface area contributed by atoms with E-state index in [9.17, 15) is 35.5 Å². The molecule has 1 aliphatic rings. The molecular formula is C20H15ClF7N3O2S. The molecule has 34 heavy (non-hydrogen) atoms. The Kier molecular flexibility index (Phi) is 7.27. The maximum Gasteiger partial charge on any atom is 0.458 e. The number of carbonyl (C=O) groups excluding carboxylic acids is 1. The van der Waals surface area contributed by atoms with E-state index in [1.54, 1.807) is 6.92 Å². The van der Waals surface area contributed by atoms with Gasteiger partial charge in [-0.15, -0.1) is 0 Å². The molecule has 1 heterocycles. The number of hydrogen-bond donors (Lipinski definition) is 1. The normalized spacial score (nSPS) is 16.7. The zero-order valence-electron chi connectivity index (χ0n) is 17.0. The Morgan fingerprint density at radius 1 is 1.12 bits per heavy atom. The molecule has 0 radical (unpaired) electrons. The quantitative estimate of drug-likeness (QED) is 0.369. The summed E-state index contributed by atoms with van der Waals surface area (Å²) in [7, 11) is 0. The van der Waals surface area contributed by atoms with Crippen molar-refractivity contribution in [2.45, 2.75) is 30.3 Å². The second kappa shape index (κ2) is 9.53. The summed E-state index contributed by atoms with van der Waals surface area (Å²) in [5.74, 6) is -1.71. The van der Waals surface area contributed by atoms with Crippen LogP contribution in [0.4, 0.5) is 41.2 Å². The van der Waals surface area contributed by atoms with Gasteiger partial charge in [0.25, 0.3) is 0 Å². The van der Waals surface area contributed by atoms with Gasteiger partial charge in [-0.05, 0) is 30.3 Å². The van der Waals surface area contributed by atoms with Crippen LogP contribution in [-0.2, 0) is 0 Å². The van der Waals surface area contributed by atoms with Crippen molar-refractivity contribution in [2.75, 3.05) is 11.4 Å². The molecule has 0 saturated heterocycles. The summed E-state index contributed by atoms with van der Waals surface area (Å²) in [6.45, 7) is 1.83. The van der Waals surface area contributed by atoms with Gasteiger partial charge in [0.15, 0.2) is 5.17 Å². The first kappa shape index (κ1) is 25.9. The van der Waals surface area contributed by atoms with Gasteiger partial charge in [-0.1, -0.05) is 48.5 Å². The number of anilines is 1. The number of benzene rings is 2. The largest absolute Gasteiger partial charge is 0.458 e. The average Bonchev–Trinajstić information content (AvgIpc) is 3.15. The van der Waals surface area contributed by atoms with Crippen LogP contribution in [0.1, 0.15) is 6.92 Å². The minimum atomic E-state index is -6.14. The van der Waals surface area contributed by atoms with Gasteiger partial charge in [-0.2, -0.15) is 26.3 Å². The van der Waals surface area contributed by atoms with E-state index in [1.807, 2.05) is 0 Å². The summed E-state index contributed by atoms with van der Waals surface area (Å²) in [4.78, 5) is 17.5. The Morgan fingerprint density at radius 2 is 1.74 bits per heavy atom. The highest BCUT2D eigenvalue weighted by Crippen LogP contribution is 2.45. The van der Waals surface area contributed by atoms with E-state index in [2.05, 4.69) is 9.73 Å². The molecule has 1 aliphatic heterocycles. The van der Waals surface area contributed by atoms with Crippen LogP contribution in [-0.4, -0.2) is 41.1 Å². The van der Waals surface area contributed by atoms with Gasteiger partial charge < -0.3 is 4.74 Å². The molecule has 0 unspecified atom stereocenters. The number of para-hydroxylation sites is 1. The number of aliphatic imine (C=N–C) groups is 1. The van der Waals surface area contributed by atoms with Crippen LogP contribution < -0.4 is 15.0 Å². The molecule has 184 valence electrons. The SMILES string of the molecule is C[C@H]1CN=C(N(C(=O)NC(Oc2ccccc2)(C(F)(F)F)C(F)(F)F)c2ccc(F)c(Cl)c2)S1. The van der Waals surface area contributed by atoms with Crippen molar-refractivity contribution in [1.29, 1.82) is 0 Å². The topological polar surface area (TPSA) is 53.9 Å². The number of ether oxygens (including phenoxy) is 1. The van der Waals surface area contributed by atoms with E-state index in [0.29, 0.717) is 4.90 Å². The molecule has 0 bridgehead atoms. The molecule has 1 N–H and O–H groups in total. The maximum atomic E-state index is 14.0. The lowest BCUT2D eigenvalue weighted by atomic mass is 10.2. The predicted molar refractivity (Wildman–Crippen MR) is 114 cm³/mol. The number of nitrogens with zero attached hydrogens (tertiary/aromatic N) is 2. The summed E-state index contributed by atoms with van der Waals surface area (Å²) >= 11 is 6.65. The van der Waals surface area contributed by atoms with Crippen molar-refractivity contribution in [1.82, 2.24) is 5.32 Å². The number of thioether (sulfide) groups is 1. The van der Waals surface area contributed by atoms with Gasteiger partial charge >= 0.3 is 24.1 Å². The summed E-state index contributed by atoms with van der Waals surface area (Å²) in [5.41, 5.74) is -5.42. The molecule has 0 spiro atoms. The summed E-state index contributed by atoms with van der Waals surface area (Å²) in [6.07, 6.45) is -12.3. The van der Waals surface area contributed by atoms with Crippen molar-refractivity contribution in [3.05, 3.63) is 59.4 Å². The molecule has 2 aromatic rings. The zero-order chi connectivity index (χ0) is 25.3. The average molecular weight is 530 g/mol. The molecule has 0 saturated carbocycles. The molecule has 5 nitrogen and oxygen atoms in total. The third-order valence-corrected chi connectivity index (χ3v) is 5.81. The van der Waals surface area contributed by atoms with Crippen molar-refractivity contribution in [2.24, 2.45) is 4.99 Å². The van der Waals surface area contributed by atoms with Gasteiger partial charge in [0.05, 0.1) is 17.3 Å². The van der Waals surface area contributed by atoms with Crippen LogP contribution in [0.3, 0.4) is 0 Å². The second-order valence-corrected chi connectivity index (χ2v) is 8.82. The highest BCUT2D eigenvalue weighted by molar-refractivity contribution is 8.15. The first-order valence-corrected chi connectivity index (χ1v) is 10.7. The first-order valence-electron chi connectivity index (χ1n) is 9.41. The Balaban J connectivity index is 2.09. The van der Waals surface area contributed by atoms with Crippen LogP contribution in [0.25, 0.3) is 0 Å². The lowest BCUT2D eigenvalue weighted by Gasteiger charge is -2.38. The molecule has 14 heteroatoms. The number of hydrogen-bond acceptors (Lipinski definition) is 4. The minimum absolute atomic E-state index is 0.142. The van der Waals surface area contributed by atoms with Crippen molar-refractivity contribution in [3.8, 4) is 5.75 Å². The minimum Gasteiger partial charge on any atom is -0.451 e. The Hall–Kier alpha value is -2.67. The molecule has 2 aromatic carbocycles. The van der Waals surface area contributed by atoms with E-state index in [0.717, 1.165) is 59.5 Å². The Morgan fingerprint density at radius 3 is 2.24 bits per heavy atom. The van der Waals surface area contributed by atoms with Gasteiger partial charge in [0.1, 0.15) is 11.6 Å². The highest BCUT2D eigenvalue weighted by Gasteiger charge is 2.75. The third-order valence-electron chi connectivity index (χ3n) is 4.44. The Bertz CT molecular complexity index is 1070. The van der Waals surface area contributed by atoms with Crippen LogP contribution >= 0.6 is 23.4 Å². The van der Waals surface area contributed by atoms with E-state index in [4.69, 9.17) is 11.6 Å². The predicted octanol–water partition coefficient (Wildman–Crippen LogP) is 6.39. The fraction of sp³-hybridized carbons (Fsp3) is 0.300. The van der Waals surface area contributed by atoms with Gasteiger partial charge in [0.2, 0.25) is 0 Å². The van der Waals surface area contributed by atoms with Gasteiger partial charge in [-0.3, -0.25) is 10.3 Å². The molecule has 0 fully saturated rings. The zero-order valence-corrected chi connectivity index (χ0v) is 18.6. The number of halogens is 8. The van der Waals surface area contributed by atoms with Gasteiger partial charge in [0, 0.05) is 5.25 Å². The van der Waals surface area contributed by atoms with Crippen LogP contribution in [0.15, 0.2) is 53.5 Å². The first-order chi connectivity index (χ1) is 15.7. The molecule has 2 amide bonds. The number of nitrogens with one attached hydrogen (secondary N) is 1. The molecular weight excluding hydrogens is 515 g/mol. The highest BCUT2D eigenvalue weighted by atomic mass is 35.5. The number of carbonyl (C=O) groups is 1. The summed E-state index contributed by atoms with van der Waals surface area (Å²) in [6, 6.07) is 6.20. The number of alkyl halides is 6. The Labute approximate surface area is 197 Å². The smallest absolute Gasteiger partial charge is 0.451 e. The lowest BCUT2D eigenvalue weighted by Crippen LogP contribution is -2.72. The number of amidine groups is 1. The summed E-state index contributed by atoms with van der Waals surface area (Å²) in [5, 5.41) is 0.0298. The van der Waals surface area contributed by atoms with E-state index >= 15 is 0 Å². The molecule has 1 atom stereocenters. The molecule has 0 aliphatic carbocycles. The van der Waals surface area contributed by atoms with Crippen molar-refractivity contribution in [3.63, 3.8) is 0 Å². The fourth-order valence-electron chi connectivity index (χ4n) is 2.84. The van der Waals surface area contributed by atoms with Crippen LogP contribution in [0.5, 0.6) is 5.75 Å². The van der Waals surface area contributed by atoms with E-state index in [-0.39, 0.29) is 22.6 Å². The number of urea groups is 1. The van der Waals surface area contributed by atoms with Crippen molar-refractivity contribution >= 4 is 40.2 Å². The van der Waals surface area contributed by atoms with E-state index in [1.165, 1.54) is 6.07 Å². The molecule has 0 aromatic heterocycles.